The smallest absolute Gasteiger partial charge is 0.248 e. The first-order chi connectivity index (χ1) is 5.77. The van der Waals surface area contributed by atoms with Crippen molar-refractivity contribution in [3.05, 3.63) is 11.8 Å². The molecule has 2 aliphatic rings. The highest BCUT2D eigenvalue weighted by Gasteiger charge is 2.21. The summed E-state index contributed by atoms with van der Waals surface area (Å²) < 4.78 is 0. The van der Waals surface area contributed by atoms with Crippen LogP contribution in [0.3, 0.4) is 0 Å². The Bertz CT molecular complexity index is 281. The lowest BCUT2D eigenvalue weighted by Gasteiger charge is -2.18. The summed E-state index contributed by atoms with van der Waals surface area (Å²) in [6, 6.07) is 0. The second kappa shape index (κ2) is 2.60. The Morgan fingerprint density at radius 3 is 3.33 bits per heavy atom. The van der Waals surface area contributed by atoms with Crippen LogP contribution in [0, 0.1) is 0 Å². The Kier molecular flexibility index (Phi) is 1.58. The number of aliphatic imine (C=N–C) groups is 1. The zero-order valence-corrected chi connectivity index (χ0v) is 6.58. The number of hydrogen-bond acceptors (Lipinski definition) is 4. The number of nitrogens with zero attached hydrogens (tertiary/aromatic N) is 2. The van der Waals surface area contributed by atoms with E-state index in [4.69, 9.17) is 5.73 Å². The molecule has 0 spiro atoms. The third kappa shape index (κ3) is 1.08. The second-order valence-electron chi connectivity index (χ2n) is 2.78. The van der Waals surface area contributed by atoms with Crippen LogP contribution in [0.15, 0.2) is 16.8 Å². The van der Waals surface area contributed by atoms with Gasteiger partial charge < -0.3 is 5.73 Å². The van der Waals surface area contributed by atoms with Gasteiger partial charge in [0.1, 0.15) is 5.84 Å². The molecule has 5 nitrogen and oxygen atoms in total. The Morgan fingerprint density at radius 2 is 2.58 bits per heavy atom. The van der Waals surface area contributed by atoms with Crippen LogP contribution in [0.1, 0.15) is 6.42 Å². The van der Waals surface area contributed by atoms with E-state index in [2.05, 4.69) is 10.4 Å². The zero-order chi connectivity index (χ0) is 8.55. The molecular weight excluding hydrogens is 156 g/mol. The lowest BCUT2D eigenvalue weighted by atomic mass is 10.2. The Balaban J connectivity index is 2.20. The number of carbonyl (C=O) groups is 1. The van der Waals surface area contributed by atoms with Crippen LogP contribution >= 0.6 is 0 Å². The average Bonchev–Trinajstić information content (AvgIpc) is 2.49. The molecule has 1 fully saturated rings. The largest absolute Gasteiger partial charge is 0.366 e. The predicted molar refractivity (Wildman–Crippen MR) is 44.0 cm³/mol. The van der Waals surface area contributed by atoms with E-state index in [1.807, 2.05) is 0 Å². The summed E-state index contributed by atoms with van der Waals surface area (Å²) in [5, 5.41) is 1.77. The SMILES string of the molecule is NC(=O)C1=CN2NCCC2=NC1. The van der Waals surface area contributed by atoms with Crippen LogP contribution in [0.25, 0.3) is 0 Å². The first-order valence-corrected chi connectivity index (χ1v) is 3.84. The van der Waals surface area contributed by atoms with Crippen molar-refractivity contribution in [1.29, 1.82) is 0 Å². The Hall–Kier alpha value is -1.36. The molecule has 12 heavy (non-hydrogen) atoms. The maximum absolute atomic E-state index is 10.8. The van der Waals surface area contributed by atoms with Crippen molar-refractivity contribution in [2.24, 2.45) is 10.7 Å². The molecule has 0 aromatic rings. The molecule has 0 aromatic carbocycles. The normalized spacial score (nSPS) is 21.5. The molecule has 64 valence electrons. The molecule has 3 N–H and O–H groups in total. The monoisotopic (exact) mass is 166 g/mol. The van der Waals surface area contributed by atoms with Crippen molar-refractivity contribution < 1.29 is 4.79 Å². The number of nitrogens with two attached hydrogens (primary N) is 1. The van der Waals surface area contributed by atoms with Gasteiger partial charge in [0.25, 0.3) is 0 Å². The maximum Gasteiger partial charge on any atom is 0.248 e. The molecule has 0 bridgehead atoms. The van der Waals surface area contributed by atoms with Gasteiger partial charge in [-0.3, -0.25) is 14.8 Å². The summed E-state index contributed by atoms with van der Waals surface area (Å²) in [6.45, 7) is 1.30. The highest BCUT2D eigenvalue weighted by molar-refractivity contribution is 5.95. The van der Waals surface area contributed by atoms with Gasteiger partial charge in [0.2, 0.25) is 5.91 Å². The molecule has 0 unspecified atom stereocenters. The Morgan fingerprint density at radius 1 is 1.75 bits per heavy atom. The van der Waals surface area contributed by atoms with Gasteiger partial charge in [0.15, 0.2) is 0 Å². The van der Waals surface area contributed by atoms with Crippen molar-refractivity contribution in [1.82, 2.24) is 10.4 Å². The van der Waals surface area contributed by atoms with Gasteiger partial charge in [0, 0.05) is 19.2 Å². The maximum atomic E-state index is 10.8. The fourth-order valence-electron chi connectivity index (χ4n) is 1.29. The number of fused-ring (bicyclic) bond motifs is 1. The van der Waals surface area contributed by atoms with Gasteiger partial charge in [0.05, 0.1) is 12.1 Å². The topological polar surface area (TPSA) is 70.7 Å². The number of amidine groups is 1. The molecule has 0 aromatic heterocycles. The van der Waals surface area contributed by atoms with E-state index < -0.39 is 5.91 Å². The molecule has 1 saturated heterocycles. The van der Waals surface area contributed by atoms with E-state index in [9.17, 15) is 4.79 Å². The fourth-order valence-corrected chi connectivity index (χ4v) is 1.29. The number of carbonyl (C=O) groups excluding carboxylic acids is 1. The molecule has 0 aliphatic carbocycles. The number of amides is 1. The van der Waals surface area contributed by atoms with Crippen molar-refractivity contribution >= 4 is 11.7 Å². The van der Waals surface area contributed by atoms with Gasteiger partial charge in [-0.25, -0.2) is 5.43 Å². The molecule has 0 atom stereocenters. The summed E-state index contributed by atoms with van der Waals surface area (Å²) in [4.78, 5) is 15.0. The molecule has 0 radical (unpaired) electrons. The summed E-state index contributed by atoms with van der Waals surface area (Å²) >= 11 is 0. The van der Waals surface area contributed by atoms with E-state index in [-0.39, 0.29) is 0 Å². The summed E-state index contributed by atoms with van der Waals surface area (Å²) in [5.74, 6) is 0.589. The van der Waals surface area contributed by atoms with Crippen LogP contribution in [0.2, 0.25) is 0 Å². The van der Waals surface area contributed by atoms with Crippen molar-refractivity contribution in [2.75, 3.05) is 13.1 Å². The molecule has 1 amide bonds. The van der Waals surface area contributed by atoms with Crippen LogP contribution < -0.4 is 11.2 Å². The van der Waals surface area contributed by atoms with E-state index in [1.165, 1.54) is 0 Å². The summed E-state index contributed by atoms with van der Waals surface area (Å²) in [5.41, 5.74) is 8.73. The second-order valence-corrected chi connectivity index (χ2v) is 2.78. The first kappa shape index (κ1) is 7.30. The van der Waals surface area contributed by atoms with Crippen LogP contribution in [-0.2, 0) is 4.79 Å². The molecule has 0 saturated carbocycles. The number of nitrogens with one attached hydrogen (secondary N) is 1. The summed E-state index contributed by atoms with van der Waals surface area (Å²) in [6.07, 6.45) is 2.64. The van der Waals surface area contributed by atoms with E-state index >= 15 is 0 Å². The van der Waals surface area contributed by atoms with Crippen molar-refractivity contribution in [3.63, 3.8) is 0 Å². The van der Waals surface area contributed by atoms with E-state index in [0.717, 1.165) is 18.8 Å². The zero-order valence-electron chi connectivity index (χ0n) is 6.58. The molecule has 2 heterocycles. The standard InChI is InChI=1S/C7H10N4O/c8-7(12)5-3-9-6-1-2-10-11(6)4-5/h4,10H,1-3H2,(H2,8,12). The highest BCUT2D eigenvalue weighted by Crippen LogP contribution is 2.11. The van der Waals surface area contributed by atoms with E-state index in [1.54, 1.807) is 11.2 Å². The van der Waals surface area contributed by atoms with Crippen molar-refractivity contribution in [2.45, 2.75) is 6.42 Å². The highest BCUT2D eigenvalue weighted by atomic mass is 16.1. The third-order valence-electron chi connectivity index (χ3n) is 1.94. The lowest BCUT2D eigenvalue weighted by Crippen LogP contribution is -2.34. The average molecular weight is 166 g/mol. The predicted octanol–water partition coefficient (Wildman–Crippen LogP) is -1.02. The van der Waals surface area contributed by atoms with Gasteiger partial charge in [-0.05, 0) is 0 Å². The molecule has 5 heteroatoms. The molecule has 2 aliphatic heterocycles. The lowest BCUT2D eigenvalue weighted by molar-refractivity contribution is -0.114. The van der Waals surface area contributed by atoms with E-state index in [0.29, 0.717) is 12.1 Å². The summed E-state index contributed by atoms with van der Waals surface area (Å²) in [7, 11) is 0. The molecular formula is C7H10N4O. The number of hydrogen-bond donors (Lipinski definition) is 2. The molecule has 2 rings (SSSR count). The van der Waals surface area contributed by atoms with Crippen LogP contribution in [0.4, 0.5) is 0 Å². The first-order valence-electron chi connectivity index (χ1n) is 3.84. The minimum atomic E-state index is -0.397. The van der Waals surface area contributed by atoms with Gasteiger partial charge in [-0.15, -0.1) is 0 Å². The quantitative estimate of drug-likeness (QED) is 0.523. The van der Waals surface area contributed by atoms with Gasteiger partial charge >= 0.3 is 0 Å². The van der Waals surface area contributed by atoms with Crippen molar-refractivity contribution in [3.8, 4) is 0 Å². The Labute approximate surface area is 69.9 Å². The van der Waals surface area contributed by atoms with Crippen LogP contribution in [0.5, 0.6) is 0 Å². The number of hydrazine groups is 1. The number of primary amides is 1. The minimum Gasteiger partial charge on any atom is -0.366 e. The fraction of sp³-hybridized carbons (Fsp3) is 0.429. The van der Waals surface area contributed by atoms with Gasteiger partial charge in [-0.2, -0.15) is 0 Å². The van der Waals surface area contributed by atoms with Crippen LogP contribution in [-0.4, -0.2) is 29.8 Å². The van der Waals surface area contributed by atoms with Gasteiger partial charge in [-0.1, -0.05) is 0 Å². The number of rotatable bonds is 1. The third-order valence-corrected chi connectivity index (χ3v) is 1.94. The minimum absolute atomic E-state index is 0.397.